The van der Waals surface area contributed by atoms with E-state index in [1.807, 2.05) is 24.3 Å². The lowest BCUT2D eigenvalue weighted by atomic mass is 9.86. The third-order valence-corrected chi connectivity index (χ3v) is 7.16. The quantitative estimate of drug-likeness (QED) is 0.664. The molecule has 9 heteroatoms. The molecule has 1 fully saturated rings. The second kappa shape index (κ2) is 8.73. The number of hydrogen-bond donors (Lipinski definition) is 1. The van der Waals surface area contributed by atoms with Gasteiger partial charge in [0.05, 0.1) is 47.9 Å². The van der Waals surface area contributed by atoms with Crippen molar-refractivity contribution in [3.8, 4) is 23.3 Å². The first kappa shape index (κ1) is 21.4. The number of nitriles is 1. The van der Waals surface area contributed by atoms with Gasteiger partial charge in [0.25, 0.3) is 0 Å². The predicted molar refractivity (Wildman–Crippen MR) is 122 cm³/mol. The molecule has 2 aliphatic heterocycles. The van der Waals surface area contributed by atoms with Gasteiger partial charge in [0.15, 0.2) is 11.5 Å². The number of anilines is 1. The number of ether oxygens (including phenoxy) is 2. The number of benzene rings is 2. The molecule has 2 heterocycles. The van der Waals surface area contributed by atoms with Crippen molar-refractivity contribution in [1.82, 2.24) is 4.90 Å². The van der Waals surface area contributed by atoms with Crippen LogP contribution in [0.1, 0.15) is 17.9 Å². The molecule has 31 heavy (non-hydrogen) atoms. The molecule has 0 bridgehead atoms. The van der Waals surface area contributed by atoms with Crippen LogP contribution in [0.25, 0.3) is 0 Å². The molecule has 0 aliphatic carbocycles. The summed E-state index contributed by atoms with van der Waals surface area (Å²) in [5.41, 5.74) is 2.28. The molecule has 1 N–H and O–H groups in total. The summed E-state index contributed by atoms with van der Waals surface area (Å²) in [6, 6.07) is 13.4. The molecule has 1 amide bonds. The lowest BCUT2D eigenvalue weighted by Crippen LogP contribution is -2.47. The van der Waals surface area contributed by atoms with Gasteiger partial charge in [0, 0.05) is 18.0 Å². The van der Waals surface area contributed by atoms with E-state index in [-0.39, 0.29) is 18.1 Å². The molecule has 0 saturated carbocycles. The van der Waals surface area contributed by atoms with Crippen LogP contribution in [0.15, 0.2) is 51.5 Å². The minimum absolute atomic E-state index is 0.0108. The first-order valence-corrected chi connectivity index (χ1v) is 11.3. The highest BCUT2D eigenvalue weighted by atomic mass is 79.9. The summed E-state index contributed by atoms with van der Waals surface area (Å²) in [4.78, 5) is 16.9. The third kappa shape index (κ3) is 3.93. The van der Waals surface area contributed by atoms with Gasteiger partial charge in [-0.25, -0.2) is 0 Å². The maximum absolute atomic E-state index is 13.1. The molecule has 0 aromatic heterocycles. The number of hydrogen-bond acceptors (Lipinski definition) is 7. The van der Waals surface area contributed by atoms with Gasteiger partial charge in [0.1, 0.15) is 5.75 Å². The smallest absolute Gasteiger partial charge is 0.229 e. The van der Waals surface area contributed by atoms with Crippen LogP contribution in [0.2, 0.25) is 0 Å². The topological polar surface area (TPSA) is 86.0 Å². The number of aromatic hydroxyl groups is 1. The van der Waals surface area contributed by atoms with E-state index in [9.17, 15) is 15.2 Å². The lowest BCUT2D eigenvalue weighted by molar-refractivity contribution is -0.129. The van der Waals surface area contributed by atoms with Crippen LogP contribution >= 0.6 is 27.7 Å². The van der Waals surface area contributed by atoms with Gasteiger partial charge in [-0.2, -0.15) is 5.26 Å². The molecule has 0 radical (unpaired) electrons. The molecular weight excluding hydrogens is 482 g/mol. The zero-order valence-electron chi connectivity index (χ0n) is 17.0. The molecule has 2 aromatic rings. The second-order valence-electron chi connectivity index (χ2n) is 7.12. The Hall–Kier alpha value is -2.83. The number of thioether (sulfide) groups is 1. The molecule has 160 valence electrons. The van der Waals surface area contributed by atoms with E-state index in [2.05, 4.69) is 26.9 Å². The first-order chi connectivity index (χ1) is 15.0. The van der Waals surface area contributed by atoms with Crippen molar-refractivity contribution in [2.75, 3.05) is 31.7 Å². The number of phenolic OH excluding ortho intramolecular Hbond substituents is 1. The Labute approximate surface area is 193 Å². The fourth-order valence-corrected chi connectivity index (χ4v) is 5.38. The van der Waals surface area contributed by atoms with E-state index in [1.165, 1.54) is 18.9 Å². The number of halogens is 1. The first-order valence-electron chi connectivity index (χ1n) is 9.49. The van der Waals surface area contributed by atoms with E-state index >= 15 is 0 Å². The van der Waals surface area contributed by atoms with Crippen molar-refractivity contribution < 1.29 is 19.4 Å². The van der Waals surface area contributed by atoms with Crippen molar-refractivity contribution in [3.05, 3.63) is 57.0 Å². The average molecular weight is 502 g/mol. The number of nitrogens with zero attached hydrogens (tertiary/aromatic N) is 3. The largest absolute Gasteiger partial charge is 0.503 e. The van der Waals surface area contributed by atoms with Crippen LogP contribution in [0.4, 0.5) is 5.69 Å². The molecular formula is C22H20BrN3O4S. The molecule has 7 nitrogen and oxygen atoms in total. The molecule has 1 saturated heterocycles. The zero-order valence-corrected chi connectivity index (χ0v) is 19.4. The summed E-state index contributed by atoms with van der Waals surface area (Å²) in [5.74, 6) is 1.23. The Bertz CT molecular complexity index is 1100. The molecule has 0 spiro atoms. The van der Waals surface area contributed by atoms with Gasteiger partial charge in [-0.15, -0.1) is 0 Å². The summed E-state index contributed by atoms with van der Waals surface area (Å²) in [5, 5.41) is 20.8. The van der Waals surface area contributed by atoms with Crippen molar-refractivity contribution in [1.29, 1.82) is 5.26 Å². The Morgan fingerprint density at radius 1 is 1.23 bits per heavy atom. The summed E-state index contributed by atoms with van der Waals surface area (Å²) in [6.07, 6.45) is 0.170. The Kier molecular flexibility index (Phi) is 6.03. The van der Waals surface area contributed by atoms with Crippen LogP contribution in [-0.2, 0) is 4.79 Å². The van der Waals surface area contributed by atoms with Gasteiger partial charge >= 0.3 is 0 Å². The van der Waals surface area contributed by atoms with Gasteiger partial charge in [-0.05, 0) is 57.9 Å². The summed E-state index contributed by atoms with van der Waals surface area (Å²) in [7, 11) is 3.09. The Morgan fingerprint density at radius 2 is 1.97 bits per heavy atom. The maximum Gasteiger partial charge on any atom is 0.229 e. The van der Waals surface area contributed by atoms with Gasteiger partial charge < -0.3 is 19.5 Å². The number of amides is 1. The van der Waals surface area contributed by atoms with Crippen LogP contribution in [0.3, 0.4) is 0 Å². The monoisotopic (exact) mass is 501 g/mol. The maximum atomic E-state index is 13.1. The van der Waals surface area contributed by atoms with Crippen LogP contribution in [-0.4, -0.2) is 42.7 Å². The molecule has 1 atom stereocenters. The summed E-state index contributed by atoms with van der Waals surface area (Å²) < 4.78 is 10.9. The molecule has 2 aliphatic rings. The van der Waals surface area contributed by atoms with Gasteiger partial charge in [-0.3, -0.25) is 9.69 Å². The van der Waals surface area contributed by atoms with E-state index in [0.29, 0.717) is 33.4 Å². The van der Waals surface area contributed by atoms with E-state index in [1.54, 1.807) is 24.1 Å². The van der Waals surface area contributed by atoms with Crippen molar-refractivity contribution >= 4 is 39.3 Å². The number of methoxy groups -OCH3 is 2. The van der Waals surface area contributed by atoms with Crippen molar-refractivity contribution in [2.24, 2.45) is 0 Å². The fraction of sp³-hybridized carbons (Fsp3) is 0.273. The highest BCUT2D eigenvalue weighted by molar-refractivity contribution is 9.10. The van der Waals surface area contributed by atoms with Gasteiger partial charge in [0.2, 0.25) is 5.91 Å². The standard InChI is InChI=1S/C22H20BrN3O4S/c1-29-15-5-3-14(4-6-15)25-11-26-20(27)9-16(17(10-24)22(26)31-12-25)13-7-18(23)21(28)19(8-13)30-2/h3-8,16,28H,9,11-12H2,1-2H3/t16-/m1/s1. The number of carbonyl (C=O) groups is 1. The average Bonchev–Trinajstić information content (AvgIpc) is 2.80. The van der Waals surface area contributed by atoms with Gasteiger partial charge in [-0.1, -0.05) is 11.8 Å². The number of fused-ring (bicyclic) bond motifs is 1. The SMILES string of the molecule is COc1ccc(N2CSC3=C(C#N)[C@@H](c4cc(Br)c(O)c(OC)c4)CC(=O)N3C2)cc1. The Balaban J connectivity index is 1.66. The molecule has 2 aromatic carbocycles. The van der Waals surface area contributed by atoms with Crippen LogP contribution in [0.5, 0.6) is 17.2 Å². The van der Waals surface area contributed by atoms with Crippen molar-refractivity contribution in [3.63, 3.8) is 0 Å². The van der Waals surface area contributed by atoms with E-state index in [4.69, 9.17) is 9.47 Å². The number of phenols is 1. The predicted octanol–water partition coefficient (Wildman–Crippen LogP) is 4.39. The summed E-state index contributed by atoms with van der Waals surface area (Å²) >= 11 is 4.81. The Morgan fingerprint density at radius 3 is 2.61 bits per heavy atom. The minimum Gasteiger partial charge on any atom is -0.503 e. The number of carbonyl (C=O) groups excluding carboxylic acids is 1. The molecule has 0 unspecified atom stereocenters. The lowest BCUT2D eigenvalue weighted by Gasteiger charge is -2.42. The minimum atomic E-state index is -0.394. The highest BCUT2D eigenvalue weighted by Crippen LogP contribution is 2.46. The number of allylic oxidation sites excluding steroid dienone is 1. The zero-order chi connectivity index (χ0) is 22.1. The molecule has 4 rings (SSSR count). The third-order valence-electron chi connectivity index (χ3n) is 5.40. The highest BCUT2D eigenvalue weighted by Gasteiger charge is 2.38. The second-order valence-corrected chi connectivity index (χ2v) is 8.90. The van der Waals surface area contributed by atoms with Crippen LogP contribution < -0.4 is 14.4 Å². The van der Waals surface area contributed by atoms with Crippen LogP contribution in [0, 0.1) is 11.3 Å². The summed E-state index contributed by atoms with van der Waals surface area (Å²) in [6.45, 7) is 0.383. The van der Waals surface area contributed by atoms with E-state index in [0.717, 1.165) is 17.0 Å². The fourth-order valence-electron chi connectivity index (χ4n) is 3.75. The normalized spacial score (nSPS) is 18.5. The number of rotatable bonds is 4. The van der Waals surface area contributed by atoms with Crippen molar-refractivity contribution in [2.45, 2.75) is 12.3 Å². The van der Waals surface area contributed by atoms with E-state index < -0.39 is 5.92 Å².